The van der Waals surface area contributed by atoms with Gasteiger partial charge in [-0.05, 0) is 44.9 Å². The molecule has 144 valence electrons. The van der Waals surface area contributed by atoms with E-state index in [2.05, 4.69) is 16.5 Å². The predicted octanol–water partition coefficient (Wildman–Crippen LogP) is 2.21. The number of hydrogen-bond donors (Lipinski definition) is 1. The van der Waals surface area contributed by atoms with Gasteiger partial charge in [-0.3, -0.25) is 9.48 Å². The fraction of sp³-hybridized carbons (Fsp3) is 0.667. The minimum atomic E-state index is -3.73. The maximum atomic E-state index is 12.9. The Morgan fingerprint density at radius 1 is 1.19 bits per heavy atom. The lowest BCUT2D eigenvalue weighted by molar-refractivity contribution is 0.0950. The average Bonchev–Trinajstić information content (AvgIpc) is 3.06. The number of aryl methyl sites for hydroxylation is 1. The van der Waals surface area contributed by atoms with Crippen molar-refractivity contribution in [3.8, 4) is 0 Å². The van der Waals surface area contributed by atoms with Gasteiger partial charge >= 0.3 is 0 Å². The van der Waals surface area contributed by atoms with E-state index in [1.165, 1.54) is 33.6 Å². The summed E-state index contributed by atoms with van der Waals surface area (Å²) < 4.78 is 28.7. The standard InChI is InChI=1S/C18H28N4O3S/c1-21-14-16(17(23)19-11-10-15-8-4-2-5-9-15)18(20-21)26(24,25)22-12-6-3-7-13-22/h8,14H,2-7,9-13H2,1H3,(H,19,23). The van der Waals surface area contributed by atoms with Gasteiger partial charge in [0.05, 0.1) is 5.56 Å². The van der Waals surface area contributed by atoms with Crippen molar-refractivity contribution in [3.63, 3.8) is 0 Å². The minimum absolute atomic E-state index is 0.128. The molecular formula is C18H28N4O3S. The van der Waals surface area contributed by atoms with Crippen LogP contribution in [0.4, 0.5) is 0 Å². The van der Waals surface area contributed by atoms with Crippen LogP contribution in [0.15, 0.2) is 22.9 Å². The van der Waals surface area contributed by atoms with Crippen LogP contribution in [-0.4, -0.2) is 48.0 Å². The molecule has 1 N–H and O–H groups in total. The molecule has 3 rings (SSSR count). The van der Waals surface area contributed by atoms with Gasteiger partial charge in [0.1, 0.15) is 0 Å². The molecule has 8 heteroatoms. The van der Waals surface area contributed by atoms with Gasteiger partial charge in [0.15, 0.2) is 0 Å². The molecule has 0 atom stereocenters. The molecule has 1 aliphatic heterocycles. The van der Waals surface area contributed by atoms with Crippen LogP contribution in [0, 0.1) is 0 Å². The molecule has 0 unspecified atom stereocenters. The molecule has 1 aliphatic carbocycles. The van der Waals surface area contributed by atoms with Gasteiger partial charge in [0, 0.05) is 32.9 Å². The van der Waals surface area contributed by atoms with E-state index in [1.54, 1.807) is 7.05 Å². The summed E-state index contributed by atoms with van der Waals surface area (Å²) in [4.78, 5) is 12.6. The van der Waals surface area contributed by atoms with Gasteiger partial charge in [0.25, 0.3) is 15.9 Å². The van der Waals surface area contributed by atoms with Crippen molar-refractivity contribution in [3.05, 3.63) is 23.4 Å². The van der Waals surface area contributed by atoms with Gasteiger partial charge in [-0.2, -0.15) is 9.40 Å². The first-order valence-electron chi connectivity index (χ1n) is 9.48. The molecule has 1 aromatic rings. The fourth-order valence-electron chi connectivity index (χ4n) is 3.61. The summed E-state index contributed by atoms with van der Waals surface area (Å²) in [5.74, 6) is -0.370. The Bertz CT molecular complexity index is 776. The van der Waals surface area contributed by atoms with Gasteiger partial charge in [0.2, 0.25) is 5.03 Å². The van der Waals surface area contributed by atoms with Crippen LogP contribution in [0.1, 0.15) is 61.7 Å². The molecular weight excluding hydrogens is 352 g/mol. The van der Waals surface area contributed by atoms with Gasteiger partial charge in [-0.25, -0.2) is 8.42 Å². The second kappa shape index (κ2) is 8.35. The van der Waals surface area contributed by atoms with Crippen LogP contribution < -0.4 is 5.32 Å². The first kappa shape index (κ1) is 19.1. The second-order valence-electron chi connectivity index (χ2n) is 7.10. The normalized spacial score (nSPS) is 19.2. The van der Waals surface area contributed by atoms with E-state index < -0.39 is 10.0 Å². The van der Waals surface area contributed by atoms with E-state index >= 15 is 0 Å². The molecule has 2 heterocycles. The second-order valence-corrected chi connectivity index (χ2v) is 8.95. The molecule has 2 aliphatic rings. The van der Waals surface area contributed by atoms with E-state index in [9.17, 15) is 13.2 Å². The number of sulfonamides is 1. The van der Waals surface area contributed by atoms with E-state index in [0.717, 1.165) is 38.5 Å². The summed E-state index contributed by atoms with van der Waals surface area (Å²) in [6.07, 6.45) is 12.0. The number of carbonyl (C=O) groups is 1. The van der Waals surface area contributed by atoms with Gasteiger partial charge in [-0.1, -0.05) is 18.1 Å². The van der Waals surface area contributed by atoms with Gasteiger partial charge < -0.3 is 5.32 Å². The molecule has 1 saturated heterocycles. The smallest absolute Gasteiger partial charge is 0.263 e. The number of piperidine rings is 1. The lowest BCUT2D eigenvalue weighted by atomic mass is 9.97. The van der Waals surface area contributed by atoms with E-state index in [0.29, 0.717) is 19.6 Å². The van der Waals surface area contributed by atoms with Crippen molar-refractivity contribution in [2.75, 3.05) is 19.6 Å². The summed E-state index contributed by atoms with van der Waals surface area (Å²) in [6.45, 7) is 1.50. The number of nitrogens with one attached hydrogen (secondary N) is 1. The van der Waals surface area contributed by atoms with Crippen LogP contribution in [-0.2, 0) is 17.1 Å². The van der Waals surface area contributed by atoms with Crippen molar-refractivity contribution in [1.29, 1.82) is 0 Å². The Hall–Kier alpha value is -1.67. The Labute approximate surface area is 155 Å². The number of nitrogens with zero attached hydrogens (tertiary/aromatic N) is 3. The number of amides is 1. The van der Waals surface area contributed by atoms with Gasteiger partial charge in [-0.15, -0.1) is 0 Å². The quantitative estimate of drug-likeness (QED) is 0.767. The topological polar surface area (TPSA) is 84.3 Å². The SMILES string of the molecule is Cn1cc(C(=O)NCCC2=CCCCC2)c(S(=O)(=O)N2CCCCC2)n1. The highest BCUT2D eigenvalue weighted by atomic mass is 32.2. The third-order valence-electron chi connectivity index (χ3n) is 5.06. The average molecular weight is 381 g/mol. The zero-order valence-corrected chi connectivity index (χ0v) is 16.2. The van der Waals surface area contributed by atoms with E-state index in [1.807, 2.05) is 0 Å². The van der Waals surface area contributed by atoms with E-state index in [-0.39, 0.29) is 16.5 Å². The molecule has 1 aromatic heterocycles. The van der Waals surface area contributed by atoms with Crippen LogP contribution in [0.3, 0.4) is 0 Å². The van der Waals surface area contributed by atoms with E-state index in [4.69, 9.17) is 0 Å². The Morgan fingerprint density at radius 3 is 2.65 bits per heavy atom. The lowest BCUT2D eigenvalue weighted by Crippen LogP contribution is -2.37. The summed E-state index contributed by atoms with van der Waals surface area (Å²) in [5.41, 5.74) is 1.51. The first-order chi connectivity index (χ1) is 12.5. The first-order valence-corrected chi connectivity index (χ1v) is 10.9. The summed E-state index contributed by atoms with van der Waals surface area (Å²) >= 11 is 0. The Balaban J connectivity index is 1.69. The summed E-state index contributed by atoms with van der Waals surface area (Å²) in [5, 5.41) is 6.82. The highest BCUT2D eigenvalue weighted by Gasteiger charge is 2.33. The molecule has 0 radical (unpaired) electrons. The van der Waals surface area contributed by atoms with Crippen molar-refractivity contribution in [2.24, 2.45) is 7.05 Å². The number of hydrogen-bond acceptors (Lipinski definition) is 4. The third-order valence-corrected chi connectivity index (χ3v) is 6.89. The monoisotopic (exact) mass is 380 g/mol. The molecule has 1 amide bonds. The Morgan fingerprint density at radius 2 is 1.96 bits per heavy atom. The van der Waals surface area contributed by atoms with Crippen molar-refractivity contribution in [1.82, 2.24) is 19.4 Å². The van der Waals surface area contributed by atoms with Crippen LogP contribution >= 0.6 is 0 Å². The lowest BCUT2D eigenvalue weighted by Gasteiger charge is -2.25. The highest BCUT2D eigenvalue weighted by molar-refractivity contribution is 7.89. The third kappa shape index (κ3) is 4.35. The minimum Gasteiger partial charge on any atom is -0.352 e. The zero-order valence-electron chi connectivity index (χ0n) is 15.4. The predicted molar refractivity (Wildman–Crippen MR) is 99.3 cm³/mol. The molecule has 0 spiro atoms. The number of rotatable bonds is 6. The maximum absolute atomic E-state index is 12.9. The molecule has 26 heavy (non-hydrogen) atoms. The molecule has 0 aromatic carbocycles. The number of aromatic nitrogens is 2. The van der Waals surface area contributed by atoms with Crippen molar-refractivity contribution in [2.45, 2.75) is 56.4 Å². The molecule has 7 nitrogen and oxygen atoms in total. The van der Waals surface area contributed by atoms with Crippen LogP contribution in [0.2, 0.25) is 0 Å². The largest absolute Gasteiger partial charge is 0.352 e. The fourth-order valence-corrected chi connectivity index (χ4v) is 5.24. The van der Waals surface area contributed by atoms with Crippen molar-refractivity contribution < 1.29 is 13.2 Å². The Kier molecular flexibility index (Phi) is 6.13. The molecule has 0 bridgehead atoms. The van der Waals surface area contributed by atoms with Crippen molar-refractivity contribution >= 4 is 15.9 Å². The zero-order chi connectivity index (χ0) is 18.6. The highest BCUT2D eigenvalue weighted by Crippen LogP contribution is 2.23. The number of carbonyl (C=O) groups excluding carboxylic acids is 1. The maximum Gasteiger partial charge on any atom is 0.263 e. The molecule has 1 fully saturated rings. The molecule has 0 saturated carbocycles. The summed E-state index contributed by atoms with van der Waals surface area (Å²) in [6, 6.07) is 0. The summed E-state index contributed by atoms with van der Waals surface area (Å²) in [7, 11) is -2.10. The van der Waals surface area contributed by atoms with Crippen LogP contribution in [0.25, 0.3) is 0 Å². The van der Waals surface area contributed by atoms with Crippen LogP contribution in [0.5, 0.6) is 0 Å². The number of allylic oxidation sites excluding steroid dienone is 1.